The minimum atomic E-state index is -0.116. The van der Waals surface area contributed by atoms with Crippen LogP contribution in [-0.4, -0.2) is 70.3 Å². The fourth-order valence-electron chi connectivity index (χ4n) is 0. The van der Waals surface area contributed by atoms with Gasteiger partial charge in [0.05, 0.1) is 6.10 Å². The topological polar surface area (TPSA) is 20.2 Å². The second-order valence-corrected chi connectivity index (χ2v) is 1.26. The van der Waals surface area contributed by atoms with Crippen LogP contribution in [0.5, 0.6) is 0 Å². The van der Waals surface area contributed by atoms with Crippen molar-refractivity contribution >= 4 is 59.1 Å². The molecule has 0 aromatic rings. The molecular weight excluding hydrogens is 110 g/mol. The maximum atomic E-state index is 8.36. The first kappa shape index (κ1) is 16.0. The third kappa shape index (κ3) is 18.0. The van der Waals surface area contributed by atoms with Crippen LogP contribution < -0.4 is 0 Å². The summed E-state index contributed by atoms with van der Waals surface area (Å²) in [6.07, 6.45) is 0.745. The molecule has 1 N–H and O–H groups in total. The van der Waals surface area contributed by atoms with Gasteiger partial charge in [-0.05, 0) is 13.3 Å². The molecule has 0 aliphatic rings. The van der Waals surface area contributed by atoms with Crippen LogP contribution in [-0.2, 0) is 0 Å². The van der Waals surface area contributed by atoms with Crippen molar-refractivity contribution in [2.75, 3.05) is 0 Å². The first-order chi connectivity index (χ1) is 2.27. The summed E-state index contributed by atoms with van der Waals surface area (Å²) in [5, 5.41) is 8.36. The van der Waals surface area contributed by atoms with Gasteiger partial charge in [-0.1, -0.05) is 6.92 Å². The summed E-state index contributed by atoms with van der Waals surface area (Å²) in [6, 6.07) is 0. The molecule has 7 heavy (non-hydrogen) atoms. The van der Waals surface area contributed by atoms with E-state index in [4.69, 9.17) is 5.11 Å². The van der Waals surface area contributed by atoms with E-state index in [0.717, 1.165) is 6.42 Å². The van der Waals surface area contributed by atoms with Crippen molar-refractivity contribution in [2.45, 2.75) is 26.4 Å². The number of aliphatic hydroxyl groups is 1. The number of hydrogen-bond donors (Lipinski definition) is 1. The zero-order chi connectivity index (χ0) is 4.28. The van der Waals surface area contributed by atoms with E-state index in [0.29, 0.717) is 0 Å². The predicted octanol–water partition coefficient (Wildman–Crippen LogP) is -0.520. The van der Waals surface area contributed by atoms with E-state index in [2.05, 4.69) is 0 Å². The molecule has 0 aromatic heterocycles. The van der Waals surface area contributed by atoms with Crippen LogP contribution in [0.2, 0.25) is 0 Å². The van der Waals surface area contributed by atoms with Crippen LogP contribution in [0.4, 0.5) is 0 Å². The first-order valence-electron chi connectivity index (χ1n) is 1.95. The van der Waals surface area contributed by atoms with Crippen LogP contribution in [0.15, 0.2) is 0 Å². The SMILES string of the molecule is CCC(C)O.[NaH].[NaH]. The Labute approximate surface area is 89.5 Å². The summed E-state index contributed by atoms with van der Waals surface area (Å²) in [4.78, 5) is 0. The molecule has 0 rings (SSSR count). The molecule has 0 fully saturated rings. The maximum absolute atomic E-state index is 8.36. The third-order valence-electron chi connectivity index (χ3n) is 0.591. The summed E-state index contributed by atoms with van der Waals surface area (Å²) in [6.45, 7) is 3.73. The molecule has 3 heteroatoms. The molecule has 0 aliphatic carbocycles. The fraction of sp³-hybridized carbons (Fsp3) is 1.00. The monoisotopic (exact) mass is 122 g/mol. The Balaban J connectivity index is -0.0000000800. The van der Waals surface area contributed by atoms with Crippen LogP contribution >= 0.6 is 0 Å². The average molecular weight is 122 g/mol. The van der Waals surface area contributed by atoms with E-state index in [9.17, 15) is 0 Å². The Bertz CT molecular complexity index is 23.7. The molecule has 0 radical (unpaired) electrons. The molecule has 0 aromatic carbocycles. The summed E-state index contributed by atoms with van der Waals surface area (Å²) in [7, 11) is 0. The zero-order valence-corrected chi connectivity index (χ0v) is 3.73. The summed E-state index contributed by atoms with van der Waals surface area (Å²) in [5.74, 6) is 0. The normalized spacial score (nSPS) is 10.7. The molecule has 1 atom stereocenters. The van der Waals surface area contributed by atoms with Gasteiger partial charge < -0.3 is 5.11 Å². The Morgan fingerprint density at radius 3 is 1.57 bits per heavy atom. The Kier molecular flexibility index (Phi) is 24.8. The van der Waals surface area contributed by atoms with Gasteiger partial charge in [0.2, 0.25) is 0 Å². The molecule has 1 unspecified atom stereocenters. The molecule has 0 bridgehead atoms. The standard InChI is InChI=1S/C4H10O.2Na.2H/c1-3-4(2)5;;;;/h4-5H,3H2,1-2H3;;;;. The molecule has 36 valence electrons. The van der Waals surface area contributed by atoms with Crippen LogP contribution in [0, 0.1) is 0 Å². The van der Waals surface area contributed by atoms with Crippen LogP contribution in [0.1, 0.15) is 20.3 Å². The molecule has 0 amide bonds. The minimum absolute atomic E-state index is 0. The molecule has 0 spiro atoms. The van der Waals surface area contributed by atoms with Gasteiger partial charge in [-0.3, -0.25) is 0 Å². The fourth-order valence-corrected chi connectivity index (χ4v) is 0. The van der Waals surface area contributed by atoms with Crippen molar-refractivity contribution in [1.82, 2.24) is 0 Å². The quantitative estimate of drug-likeness (QED) is 0.464. The Morgan fingerprint density at radius 1 is 1.43 bits per heavy atom. The van der Waals surface area contributed by atoms with E-state index in [1.165, 1.54) is 0 Å². The summed E-state index contributed by atoms with van der Waals surface area (Å²) in [5.41, 5.74) is 0. The molecule has 0 aliphatic heterocycles. The van der Waals surface area contributed by atoms with Crippen molar-refractivity contribution < 1.29 is 5.11 Å². The van der Waals surface area contributed by atoms with Crippen LogP contribution in [0.3, 0.4) is 0 Å². The van der Waals surface area contributed by atoms with Gasteiger partial charge in [-0.25, -0.2) is 0 Å². The van der Waals surface area contributed by atoms with Crippen LogP contribution in [0.25, 0.3) is 0 Å². The second-order valence-electron chi connectivity index (χ2n) is 1.26. The van der Waals surface area contributed by atoms with Gasteiger partial charge in [0.15, 0.2) is 0 Å². The van der Waals surface area contributed by atoms with E-state index in [1.54, 1.807) is 6.92 Å². The van der Waals surface area contributed by atoms with Gasteiger partial charge in [0.1, 0.15) is 0 Å². The molecule has 0 heterocycles. The van der Waals surface area contributed by atoms with E-state index in [1.807, 2.05) is 6.92 Å². The van der Waals surface area contributed by atoms with E-state index >= 15 is 0 Å². The van der Waals surface area contributed by atoms with Crippen molar-refractivity contribution in [1.29, 1.82) is 0 Å². The van der Waals surface area contributed by atoms with Crippen molar-refractivity contribution in [2.24, 2.45) is 0 Å². The molecule has 0 saturated heterocycles. The Morgan fingerprint density at radius 2 is 1.57 bits per heavy atom. The third-order valence-corrected chi connectivity index (χ3v) is 0.591. The zero-order valence-electron chi connectivity index (χ0n) is 3.73. The van der Waals surface area contributed by atoms with Crippen molar-refractivity contribution in [3.8, 4) is 0 Å². The number of aliphatic hydroxyl groups excluding tert-OH is 1. The summed E-state index contributed by atoms with van der Waals surface area (Å²) < 4.78 is 0. The number of rotatable bonds is 1. The van der Waals surface area contributed by atoms with Gasteiger partial charge in [0, 0.05) is 0 Å². The first-order valence-corrected chi connectivity index (χ1v) is 1.95. The van der Waals surface area contributed by atoms with Gasteiger partial charge >= 0.3 is 59.1 Å². The summed E-state index contributed by atoms with van der Waals surface area (Å²) >= 11 is 0. The van der Waals surface area contributed by atoms with Gasteiger partial charge in [0.25, 0.3) is 0 Å². The van der Waals surface area contributed by atoms with Gasteiger partial charge in [-0.15, -0.1) is 0 Å². The second kappa shape index (κ2) is 10.9. The van der Waals surface area contributed by atoms with E-state index in [-0.39, 0.29) is 65.2 Å². The van der Waals surface area contributed by atoms with Crippen molar-refractivity contribution in [3.05, 3.63) is 0 Å². The number of hydrogen-bond acceptors (Lipinski definition) is 1. The van der Waals surface area contributed by atoms with Gasteiger partial charge in [-0.2, -0.15) is 0 Å². The predicted molar refractivity (Wildman–Crippen MR) is 36.3 cm³/mol. The average Bonchev–Trinajstić information content (AvgIpc) is 1.38. The molecule has 1 nitrogen and oxygen atoms in total. The molecular formula is C4H12Na2O. The van der Waals surface area contributed by atoms with E-state index < -0.39 is 0 Å². The molecule has 0 saturated carbocycles. The van der Waals surface area contributed by atoms with Crippen molar-refractivity contribution in [3.63, 3.8) is 0 Å². The Hall–Kier alpha value is 1.96.